The lowest BCUT2D eigenvalue weighted by atomic mass is 10.0. The fourth-order valence-corrected chi connectivity index (χ4v) is 4.32. The van der Waals surface area contributed by atoms with Crippen LogP contribution in [0.4, 0.5) is 0 Å². The molecular formula is C16H20N4OS. The highest BCUT2D eigenvalue weighted by atomic mass is 32.1. The van der Waals surface area contributed by atoms with E-state index >= 15 is 0 Å². The molecule has 2 fully saturated rings. The number of thiazole rings is 1. The molecule has 2 aromatic rings. The molecule has 22 heavy (non-hydrogen) atoms. The predicted octanol–water partition coefficient (Wildman–Crippen LogP) is 2.73. The van der Waals surface area contributed by atoms with Crippen molar-refractivity contribution >= 4 is 17.2 Å². The second kappa shape index (κ2) is 5.50. The summed E-state index contributed by atoms with van der Waals surface area (Å²) in [7, 11) is 1.92. The second-order valence-electron chi connectivity index (χ2n) is 6.31. The average Bonchev–Trinajstić information content (AvgIpc) is 2.95. The zero-order valence-electron chi connectivity index (χ0n) is 12.7. The summed E-state index contributed by atoms with van der Waals surface area (Å²) < 4.78 is 1.81. The minimum absolute atomic E-state index is 0.143. The number of hydrogen-bond acceptors (Lipinski definition) is 4. The predicted molar refractivity (Wildman–Crippen MR) is 84.5 cm³/mol. The number of aromatic nitrogens is 3. The fraction of sp³-hybridized carbons (Fsp3) is 0.562. The minimum atomic E-state index is 0.143. The maximum absolute atomic E-state index is 12.9. The number of carbonyl (C=O) groups is 1. The van der Waals surface area contributed by atoms with E-state index in [0.717, 1.165) is 30.8 Å². The van der Waals surface area contributed by atoms with E-state index in [9.17, 15) is 4.79 Å². The first-order valence-corrected chi connectivity index (χ1v) is 8.80. The molecule has 0 aromatic carbocycles. The van der Waals surface area contributed by atoms with Crippen molar-refractivity contribution in [1.29, 1.82) is 0 Å². The number of aryl methyl sites for hydroxylation is 1. The summed E-state index contributed by atoms with van der Waals surface area (Å²) in [6.45, 7) is 0.874. The van der Waals surface area contributed by atoms with E-state index in [1.165, 1.54) is 12.0 Å². The number of amides is 1. The van der Waals surface area contributed by atoms with Crippen LogP contribution in [0.2, 0.25) is 0 Å². The van der Waals surface area contributed by atoms with Crippen LogP contribution in [0, 0.1) is 5.92 Å². The Morgan fingerprint density at radius 1 is 1.41 bits per heavy atom. The van der Waals surface area contributed by atoms with E-state index < -0.39 is 0 Å². The van der Waals surface area contributed by atoms with Crippen LogP contribution in [-0.2, 0) is 11.8 Å². The van der Waals surface area contributed by atoms with Crippen LogP contribution >= 0.6 is 11.3 Å². The van der Waals surface area contributed by atoms with Gasteiger partial charge in [0.2, 0.25) is 5.91 Å². The first kappa shape index (κ1) is 13.9. The quantitative estimate of drug-likeness (QED) is 0.875. The van der Waals surface area contributed by atoms with Gasteiger partial charge in [-0.05, 0) is 37.2 Å². The van der Waals surface area contributed by atoms with Gasteiger partial charge < -0.3 is 4.90 Å². The van der Waals surface area contributed by atoms with Gasteiger partial charge in [0.25, 0.3) is 0 Å². The third-order valence-electron chi connectivity index (χ3n) is 4.78. The zero-order chi connectivity index (χ0) is 15.1. The van der Waals surface area contributed by atoms with Crippen LogP contribution in [-0.4, -0.2) is 32.1 Å². The summed E-state index contributed by atoms with van der Waals surface area (Å²) in [5, 5.41) is 7.31. The van der Waals surface area contributed by atoms with E-state index in [2.05, 4.69) is 15.0 Å². The fourth-order valence-electron chi connectivity index (χ4n) is 3.53. The van der Waals surface area contributed by atoms with Crippen molar-refractivity contribution in [2.45, 2.75) is 37.6 Å². The van der Waals surface area contributed by atoms with Gasteiger partial charge in [0, 0.05) is 37.3 Å². The Labute approximate surface area is 134 Å². The number of rotatable bonds is 3. The molecule has 2 aliphatic rings. The Hall–Kier alpha value is -1.69. The molecule has 4 rings (SSSR count). The summed E-state index contributed by atoms with van der Waals surface area (Å²) in [5.74, 6) is 0.818. The van der Waals surface area contributed by atoms with E-state index in [1.807, 2.05) is 35.7 Å². The summed E-state index contributed by atoms with van der Waals surface area (Å²) >= 11 is 1.66. The maximum Gasteiger partial charge on any atom is 0.226 e. The van der Waals surface area contributed by atoms with Crippen LogP contribution in [0.15, 0.2) is 24.0 Å². The Morgan fingerprint density at radius 3 is 3.05 bits per heavy atom. The SMILES string of the molecule is Cn1cc([C@@H]2C[C@@H]2C(=O)N2CCCC[C@H]2c2nccs2)cn1. The van der Waals surface area contributed by atoms with Gasteiger partial charge in [0.15, 0.2) is 0 Å². The largest absolute Gasteiger partial charge is 0.333 e. The van der Waals surface area contributed by atoms with Gasteiger partial charge in [0.1, 0.15) is 5.01 Å². The molecule has 1 saturated heterocycles. The molecule has 3 heterocycles. The van der Waals surface area contributed by atoms with Gasteiger partial charge in [-0.1, -0.05) is 0 Å². The molecule has 0 unspecified atom stereocenters. The van der Waals surface area contributed by atoms with Crippen molar-refractivity contribution in [2.24, 2.45) is 13.0 Å². The Bertz CT molecular complexity index is 666. The lowest BCUT2D eigenvalue weighted by molar-refractivity contribution is -0.136. The highest BCUT2D eigenvalue weighted by Gasteiger charge is 2.48. The summed E-state index contributed by atoms with van der Waals surface area (Å²) in [5.41, 5.74) is 1.20. The van der Waals surface area contributed by atoms with E-state index in [1.54, 1.807) is 11.3 Å². The average molecular weight is 316 g/mol. The first-order valence-electron chi connectivity index (χ1n) is 7.92. The third kappa shape index (κ3) is 2.45. The molecule has 2 aromatic heterocycles. The highest BCUT2D eigenvalue weighted by Crippen LogP contribution is 2.49. The van der Waals surface area contributed by atoms with Crippen LogP contribution < -0.4 is 0 Å². The Kier molecular flexibility index (Phi) is 3.48. The molecule has 0 bridgehead atoms. The monoisotopic (exact) mass is 316 g/mol. The standard InChI is InChI=1S/C16H20N4OS/c1-19-10-11(9-18-19)12-8-13(12)16(21)20-6-3-2-4-14(20)15-17-5-7-22-15/h5,7,9-10,12-14H,2-4,6,8H2,1H3/t12-,13-,14-/m0/s1. The van der Waals surface area contributed by atoms with E-state index in [4.69, 9.17) is 0 Å². The molecule has 3 atom stereocenters. The van der Waals surface area contributed by atoms with Crippen molar-refractivity contribution in [2.75, 3.05) is 6.54 Å². The summed E-state index contributed by atoms with van der Waals surface area (Å²) in [6, 6.07) is 0.191. The molecule has 1 aliphatic carbocycles. The summed E-state index contributed by atoms with van der Waals surface area (Å²) in [6.07, 6.45) is 10.1. The van der Waals surface area contributed by atoms with Gasteiger partial charge in [0.05, 0.1) is 12.2 Å². The molecule has 0 N–H and O–H groups in total. The van der Waals surface area contributed by atoms with Crippen LogP contribution in [0.25, 0.3) is 0 Å². The number of carbonyl (C=O) groups excluding carboxylic acids is 1. The molecule has 116 valence electrons. The number of hydrogen-bond donors (Lipinski definition) is 0. The normalized spacial score (nSPS) is 27.9. The first-order chi connectivity index (χ1) is 10.7. The minimum Gasteiger partial charge on any atom is -0.333 e. The molecule has 1 amide bonds. The lowest BCUT2D eigenvalue weighted by Gasteiger charge is -2.34. The molecular weight excluding hydrogens is 296 g/mol. The number of nitrogens with zero attached hydrogens (tertiary/aromatic N) is 4. The van der Waals surface area contributed by atoms with Crippen molar-refractivity contribution in [3.63, 3.8) is 0 Å². The van der Waals surface area contributed by atoms with Gasteiger partial charge >= 0.3 is 0 Å². The molecule has 0 radical (unpaired) electrons. The molecule has 1 saturated carbocycles. The van der Waals surface area contributed by atoms with Crippen molar-refractivity contribution in [3.05, 3.63) is 34.5 Å². The maximum atomic E-state index is 12.9. The van der Waals surface area contributed by atoms with Crippen molar-refractivity contribution in [1.82, 2.24) is 19.7 Å². The van der Waals surface area contributed by atoms with Gasteiger partial charge in [-0.15, -0.1) is 11.3 Å². The Morgan fingerprint density at radius 2 is 2.32 bits per heavy atom. The number of piperidine rings is 1. The van der Waals surface area contributed by atoms with Crippen molar-refractivity contribution in [3.8, 4) is 0 Å². The van der Waals surface area contributed by atoms with Crippen LogP contribution in [0.1, 0.15) is 48.2 Å². The number of likely N-dealkylation sites (tertiary alicyclic amines) is 1. The lowest BCUT2D eigenvalue weighted by Crippen LogP contribution is -2.39. The molecule has 6 heteroatoms. The zero-order valence-corrected chi connectivity index (χ0v) is 13.5. The third-order valence-corrected chi connectivity index (χ3v) is 5.66. The second-order valence-corrected chi connectivity index (χ2v) is 7.24. The van der Waals surface area contributed by atoms with Crippen LogP contribution in [0.5, 0.6) is 0 Å². The molecule has 0 spiro atoms. The van der Waals surface area contributed by atoms with E-state index in [-0.39, 0.29) is 12.0 Å². The van der Waals surface area contributed by atoms with Gasteiger partial charge in [-0.2, -0.15) is 5.10 Å². The topological polar surface area (TPSA) is 51.0 Å². The van der Waals surface area contributed by atoms with E-state index in [0.29, 0.717) is 11.8 Å². The Balaban J connectivity index is 1.50. The van der Waals surface area contributed by atoms with Gasteiger partial charge in [-0.3, -0.25) is 9.48 Å². The molecule has 1 aliphatic heterocycles. The summed E-state index contributed by atoms with van der Waals surface area (Å²) in [4.78, 5) is 19.5. The van der Waals surface area contributed by atoms with Crippen LogP contribution in [0.3, 0.4) is 0 Å². The molecule has 5 nitrogen and oxygen atoms in total. The highest BCUT2D eigenvalue weighted by molar-refractivity contribution is 7.09. The van der Waals surface area contributed by atoms with Gasteiger partial charge in [-0.25, -0.2) is 4.98 Å². The van der Waals surface area contributed by atoms with Crippen molar-refractivity contribution < 1.29 is 4.79 Å². The smallest absolute Gasteiger partial charge is 0.226 e.